The highest BCUT2D eigenvalue weighted by Gasteiger charge is 2.30. The molecule has 2 heterocycles. The number of pyridine rings is 1. The Morgan fingerprint density at radius 3 is 2.92 bits per heavy atom. The van der Waals surface area contributed by atoms with Crippen molar-refractivity contribution in [3.8, 4) is 0 Å². The third-order valence-corrected chi connectivity index (χ3v) is 4.26. The van der Waals surface area contributed by atoms with Crippen LogP contribution in [0.4, 0.5) is 0 Å². The Morgan fingerprint density at radius 1 is 1.25 bits per heavy atom. The van der Waals surface area contributed by atoms with Gasteiger partial charge in [-0.1, -0.05) is 18.2 Å². The van der Waals surface area contributed by atoms with Gasteiger partial charge >= 0.3 is 0 Å². The number of carbonyl (C=O) groups excluding carboxylic acids is 2. The molecule has 126 valence electrons. The summed E-state index contributed by atoms with van der Waals surface area (Å²) in [5.41, 5.74) is 2.18. The summed E-state index contributed by atoms with van der Waals surface area (Å²) in [6, 6.07) is 10.0. The summed E-state index contributed by atoms with van der Waals surface area (Å²) < 4.78 is 5.56. The van der Waals surface area contributed by atoms with Gasteiger partial charge in [-0.2, -0.15) is 0 Å². The third kappa shape index (κ3) is 3.89. The van der Waals surface area contributed by atoms with Gasteiger partial charge in [0.2, 0.25) is 11.8 Å². The molecule has 2 aromatic rings. The maximum atomic E-state index is 11.9. The summed E-state index contributed by atoms with van der Waals surface area (Å²) in [7, 11) is 0. The fourth-order valence-corrected chi connectivity index (χ4v) is 3.04. The van der Waals surface area contributed by atoms with E-state index in [-0.39, 0.29) is 30.3 Å². The first-order valence-corrected chi connectivity index (χ1v) is 8.07. The van der Waals surface area contributed by atoms with Gasteiger partial charge in [-0.15, -0.1) is 0 Å². The Hall–Kier alpha value is -2.47. The number of hydrogen-bond acceptors (Lipinski definition) is 4. The predicted octanol–water partition coefficient (Wildman–Crippen LogP) is 1.04. The molecule has 0 saturated carbocycles. The van der Waals surface area contributed by atoms with Crippen LogP contribution in [0.2, 0.25) is 0 Å². The van der Waals surface area contributed by atoms with E-state index in [1.807, 2.05) is 30.5 Å². The van der Waals surface area contributed by atoms with Crippen molar-refractivity contribution in [2.75, 3.05) is 19.8 Å². The molecule has 1 aliphatic heterocycles. The normalized spacial score (nSPS) is 20.0. The maximum Gasteiger partial charge on any atom is 0.239 e. The van der Waals surface area contributed by atoms with E-state index >= 15 is 0 Å². The molecule has 6 heteroatoms. The van der Waals surface area contributed by atoms with Crippen LogP contribution in [-0.2, 0) is 20.7 Å². The van der Waals surface area contributed by atoms with E-state index in [9.17, 15) is 9.59 Å². The SMILES string of the molecule is CC(=O)NCC(=O)N[C@@H]1COC[C@H]1Cc1ccnc2ccccc12. The van der Waals surface area contributed by atoms with Crippen LogP contribution in [0.5, 0.6) is 0 Å². The standard InChI is InChI=1S/C18H21N3O3/c1-12(22)20-9-18(23)21-17-11-24-10-14(17)8-13-6-7-19-16-5-3-2-4-15(13)16/h2-7,14,17H,8-11H2,1H3,(H,20,22)(H,21,23)/t14-,17-/m1/s1. The fraction of sp³-hybridized carbons (Fsp3) is 0.389. The van der Waals surface area contributed by atoms with Crippen molar-refractivity contribution in [2.45, 2.75) is 19.4 Å². The van der Waals surface area contributed by atoms with Crippen LogP contribution in [0.25, 0.3) is 10.9 Å². The van der Waals surface area contributed by atoms with Crippen molar-refractivity contribution < 1.29 is 14.3 Å². The van der Waals surface area contributed by atoms with Crippen LogP contribution in [0.15, 0.2) is 36.5 Å². The summed E-state index contributed by atoms with van der Waals surface area (Å²) in [4.78, 5) is 27.2. The Bertz CT molecular complexity index is 742. The highest BCUT2D eigenvalue weighted by Crippen LogP contribution is 2.24. The topological polar surface area (TPSA) is 80.3 Å². The lowest BCUT2D eigenvalue weighted by molar-refractivity contribution is -0.125. The molecule has 6 nitrogen and oxygen atoms in total. The molecule has 0 radical (unpaired) electrons. The number of ether oxygens (including phenoxy) is 1. The molecule has 1 saturated heterocycles. The molecular weight excluding hydrogens is 306 g/mol. The van der Waals surface area contributed by atoms with Crippen LogP contribution in [0, 0.1) is 5.92 Å². The van der Waals surface area contributed by atoms with Gasteiger partial charge in [0.1, 0.15) is 0 Å². The lowest BCUT2D eigenvalue weighted by Gasteiger charge is -2.20. The number of benzene rings is 1. The van der Waals surface area contributed by atoms with Crippen molar-refractivity contribution in [2.24, 2.45) is 5.92 Å². The smallest absolute Gasteiger partial charge is 0.239 e. The van der Waals surface area contributed by atoms with E-state index in [4.69, 9.17) is 4.74 Å². The molecule has 2 N–H and O–H groups in total. The number of nitrogens with zero attached hydrogens (tertiary/aromatic N) is 1. The lowest BCUT2D eigenvalue weighted by atomic mass is 9.93. The van der Waals surface area contributed by atoms with Gasteiger partial charge < -0.3 is 15.4 Å². The largest absolute Gasteiger partial charge is 0.379 e. The predicted molar refractivity (Wildman–Crippen MR) is 90.4 cm³/mol. The highest BCUT2D eigenvalue weighted by atomic mass is 16.5. The molecule has 1 aliphatic rings. The van der Waals surface area contributed by atoms with Gasteiger partial charge in [0.15, 0.2) is 0 Å². The average molecular weight is 327 g/mol. The second-order valence-corrected chi connectivity index (χ2v) is 6.07. The minimum absolute atomic E-state index is 0.00323. The molecule has 1 aromatic carbocycles. The van der Waals surface area contributed by atoms with Gasteiger partial charge in [0.25, 0.3) is 0 Å². The molecule has 2 atom stereocenters. The van der Waals surface area contributed by atoms with Crippen LogP contribution in [0.3, 0.4) is 0 Å². The van der Waals surface area contributed by atoms with E-state index in [1.54, 1.807) is 0 Å². The average Bonchev–Trinajstić information content (AvgIpc) is 3.00. The first-order valence-electron chi connectivity index (χ1n) is 8.07. The number of aromatic nitrogens is 1. The minimum atomic E-state index is -0.215. The van der Waals surface area contributed by atoms with Crippen molar-refractivity contribution in [3.63, 3.8) is 0 Å². The van der Waals surface area contributed by atoms with E-state index in [1.165, 1.54) is 12.5 Å². The zero-order chi connectivity index (χ0) is 16.9. The first-order chi connectivity index (χ1) is 11.6. The Morgan fingerprint density at radius 2 is 2.08 bits per heavy atom. The van der Waals surface area contributed by atoms with E-state index in [0.717, 1.165) is 17.3 Å². The lowest BCUT2D eigenvalue weighted by Crippen LogP contribution is -2.45. The molecule has 0 unspecified atom stereocenters. The van der Waals surface area contributed by atoms with Crippen LogP contribution in [0.1, 0.15) is 12.5 Å². The minimum Gasteiger partial charge on any atom is -0.379 e. The first kappa shape index (κ1) is 16.4. The summed E-state index contributed by atoms with van der Waals surface area (Å²) in [5.74, 6) is -0.199. The molecule has 1 fully saturated rings. The number of para-hydroxylation sites is 1. The third-order valence-electron chi connectivity index (χ3n) is 4.26. The quantitative estimate of drug-likeness (QED) is 0.860. The van der Waals surface area contributed by atoms with Gasteiger partial charge in [0.05, 0.1) is 31.3 Å². The molecule has 0 aliphatic carbocycles. The van der Waals surface area contributed by atoms with Gasteiger partial charge in [-0.3, -0.25) is 14.6 Å². The summed E-state index contributed by atoms with van der Waals surface area (Å²) >= 11 is 0. The molecule has 2 amide bonds. The van der Waals surface area contributed by atoms with Crippen molar-refractivity contribution in [3.05, 3.63) is 42.1 Å². The summed E-state index contributed by atoms with van der Waals surface area (Å²) in [5, 5.41) is 6.60. The van der Waals surface area contributed by atoms with Crippen LogP contribution < -0.4 is 10.6 Å². The zero-order valence-corrected chi connectivity index (χ0v) is 13.6. The van der Waals surface area contributed by atoms with Crippen molar-refractivity contribution in [1.29, 1.82) is 0 Å². The molecule has 3 rings (SSSR count). The monoisotopic (exact) mass is 327 g/mol. The zero-order valence-electron chi connectivity index (χ0n) is 13.6. The number of nitrogens with one attached hydrogen (secondary N) is 2. The van der Waals surface area contributed by atoms with Gasteiger partial charge in [-0.05, 0) is 24.1 Å². The second kappa shape index (κ2) is 7.40. The Balaban J connectivity index is 1.67. The number of rotatable bonds is 5. The van der Waals surface area contributed by atoms with Crippen LogP contribution >= 0.6 is 0 Å². The number of hydrogen-bond donors (Lipinski definition) is 2. The van der Waals surface area contributed by atoms with E-state index < -0.39 is 0 Å². The summed E-state index contributed by atoms with van der Waals surface area (Å²) in [6.07, 6.45) is 2.63. The molecule has 0 bridgehead atoms. The van der Waals surface area contributed by atoms with Crippen molar-refractivity contribution in [1.82, 2.24) is 15.6 Å². The number of amides is 2. The molecular formula is C18H21N3O3. The number of carbonyl (C=O) groups is 2. The maximum absolute atomic E-state index is 11.9. The molecule has 0 spiro atoms. The van der Waals surface area contributed by atoms with Gasteiger partial charge in [-0.25, -0.2) is 0 Å². The fourth-order valence-electron chi connectivity index (χ4n) is 3.04. The summed E-state index contributed by atoms with van der Waals surface area (Å²) in [6.45, 7) is 2.50. The second-order valence-electron chi connectivity index (χ2n) is 6.07. The Labute approximate surface area is 140 Å². The van der Waals surface area contributed by atoms with Gasteiger partial charge in [0, 0.05) is 24.4 Å². The number of fused-ring (bicyclic) bond motifs is 1. The van der Waals surface area contributed by atoms with Crippen LogP contribution in [-0.4, -0.2) is 42.6 Å². The Kier molecular flexibility index (Phi) is 5.05. The highest BCUT2D eigenvalue weighted by molar-refractivity contribution is 5.84. The van der Waals surface area contributed by atoms with E-state index in [2.05, 4.69) is 21.7 Å². The molecule has 24 heavy (non-hydrogen) atoms. The van der Waals surface area contributed by atoms with Crippen molar-refractivity contribution >= 4 is 22.7 Å². The molecule has 1 aromatic heterocycles. The van der Waals surface area contributed by atoms with E-state index in [0.29, 0.717) is 13.2 Å².